The predicted octanol–water partition coefficient (Wildman–Crippen LogP) is 2.76. The van der Waals surface area contributed by atoms with Crippen LogP contribution in [0.4, 0.5) is 17.5 Å². The average Bonchev–Trinajstić information content (AvgIpc) is 2.83. The zero-order valence-corrected chi connectivity index (χ0v) is 20.5. The van der Waals surface area contributed by atoms with Gasteiger partial charge in [-0.2, -0.15) is 4.31 Å². The fourth-order valence-electron chi connectivity index (χ4n) is 3.80. The number of anilines is 3. The van der Waals surface area contributed by atoms with Crippen molar-refractivity contribution in [2.45, 2.75) is 18.7 Å². The Kier molecular flexibility index (Phi) is 6.85. The summed E-state index contributed by atoms with van der Waals surface area (Å²) in [4.78, 5) is 15.5. The van der Waals surface area contributed by atoms with Gasteiger partial charge >= 0.3 is 0 Å². The fourth-order valence-corrected chi connectivity index (χ4v) is 5.36. The summed E-state index contributed by atoms with van der Waals surface area (Å²) in [5.41, 5.74) is 1.09. The minimum atomic E-state index is -3.72. The van der Waals surface area contributed by atoms with Crippen molar-refractivity contribution in [2.24, 2.45) is 0 Å². The molecule has 0 bridgehead atoms. The summed E-state index contributed by atoms with van der Waals surface area (Å²) in [5.74, 6) is 3.48. The van der Waals surface area contributed by atoms with E-state index < -0.39 is 10.0 Å². The van der Waals surface area contributed by atoms with E-state index >= 15 is 0 Å². The van der Waals surface area contributed by atoms with E-state index in [1.165, 1.54) is 24.6 Å². The lowest BCUT2D eigenvalue weighted by Gasteiger charge is -2.35. The number of nitrogens with one attached hydrogen (secondary N) is 1. The Morgan fingerprint density at radius 2 is 1.68 bits per heavy atom. The van der Waals surface area contributed by atoms with Crippen molar-refractivity contribution < 1.29 is 17.9 Å². The van der Waals surface area contributed by atoms with Gasteiger partial charge in [-0.3, -0.25) is 0 Å². The molecule has 34 heavy (non-hydrogen) atoms. The fraction of sp³-hybridized carbons (Fsp3) is 0.348. The molecule has 0 aliphatic carbocycles. The monoisotopic (exact) mass is 484 g/mol. The predicted molar refractivity (Wildman–Crippen MR) is 130 cm³/mol. The number of nitrogens with zero attached hydrogens (tertiary/aromatic N) is 5. The molecule has 1 saturated heterocycles. The molecular formula is C23H28N6O4S. The second-order valence-corrected chi connectivity index (χ2v) is 9.82. The van der Waals surface area contributed by atoms with Crippen LogP contribution in [0.5, 0.6) is 11.5 Å². The number of hydrogen-bond donors (Lipinski definition) is 1. The van der Waals surface area contributed by atoms with E-state index in [1.54, 1.807) is 18.3 Å². The molecule has 0 amide bonds. The zero-order valence-electron chi connectivity index (χ0n) is 19.6. The minimum absolute atomic E-state index is 0.124. The number of pyridine rings is 1. The highest BCUT2D eigenvalue weighted by Crippen LogP contribution is 2.31. The van der Waals surface area contributed by atoms with Crippen LogP contribution in [-0.2, 0) is 10.0 Å². The average molecular weight is 485 g/mol. The largest absolute Gasteiger partial charge is 0.497 e. The van der Waals surface area contributed by atoms with Crippen molar-refractivity contribution in [1.82, 2.24) is 19.3 Å². The molecule has 0 radical (unpaired) electrons. The maximum atomic E-state index is 13.3. The molecule has 10 nitrogen and oxygen atoms in total. The molecule has 4 rings (SSSR count). The number of rotatable bonds is 7. The molecule has 1 aliphatic rings. The molecule has 0 saturated carbocycles. The summed E-state index contributed by atoms with van der Waals surface area (Å²) in [6, 6.07) is 10.4. The second kappa shape index (κ2) is 9.82. The summed E-state index contributed by atoms with van der Waals surface area (Å²) in [6.45, 7) is 5.46. The third kappa shape index (κ3) is 5.05. The quantitative estimate of drug-likeness (QED) is 0.541. The van der Waals surface area contributed by atoms with Crippen molar-refractivity contribution >= 4 is 27.5 Å². The second-order valence-electron chi connectivity index (χ2n) is 7.91. The zero-order chi connectivity index (χ0) is 24.3. The Hall–Kier alpha value is -3.44. The smallest absolute Gasteiger partial charge is 0.246 e. The molecular weight excluding hydrogens is 456 g/mol. The number of hydrogen-bond acceptors (Lipinski definition) is 9. The highest BCUT2D eigenvalue weighted by Gasteiger charge is 2.31. The van der Waals surface area contributed by atoms with Crippen molar-refractivity contribution in [3.63, 3.8) is 0 Å². The van der Waals surface area contributed by atoms with Crippen LogP contribution in [-0.4, -0.2) is 68.1 Å². The minimum Gasteiger partial charge on any atom is -0.497 e. The summed E-state index contributed by atoms with van der Waals surface area (Å²) < 4.78 is 38.5. The highest BCUT2D eigenvalue weighted by molar-refractivity contribution is 7.89. The first kappa shape index (κ1) is 23.7. The molecule has 1 aromatic carbocycles. The van der Waals surface area contributed by atoms with E-state index in [0.717, 1.165) is 11.4 Å². The van der Waals surface area contributed by atoms with Crippen LogP contribution >= 0.6 is 0 Å². The molecule has 0 atom stereocenters. The lowest BCUT2D eigenvalue weighted by atomic mass is 10.3. The van der Waals surface area contributed by atoms with E-state index in [2.05, 4.69) is 25.2 Å². The first-order valence-corrected chi connectivity index (χ1v) is 12.3. The number of aromatic nitrogens is 3. The normalized spacial score (nSPS) is 14.6. The van der Waals surface area contributed by atoms with Gasteiger partial charge in [-0.15, -0.1) is 0 Å². The highest BCUT2D eigenvalue weighted by atomic mass is 32.2. The van der Waals surface area contributed by atoms with E-state index in [9.17, 15) is 8.42 Å². The molecule has 1 N–H and O–H groups in total. The Morgan fingerprint density at radius 3 is 2.35 bits per heavy atom. The number of sulfonamides is 1. The molecule has 1 aliphatic heterocycles. The van der Waals surface area contributed by atoms with Crippen LogP contribution in [0.15, 0.2) is 47.5 Å². The van der Waals surface area contributed by atoms with Crippen LogP contribution in [0.1, 0.15) is 11.4 Å². The van der Waals surface area contributed by atoms with Gasteiger partial charge in [0.1, 0.15) is 39.7 Å². The van der Waals surface area contributed by atoms with E-state index in [0.29, 0.717) is 49.4 Å². The van der Waals surface area contributed by atoms with Gasteiger partial charge in [-0.05, 0) is 43.7 Å². The van der Waals surface area contributed by atoms with Gasteiger partial charge in [0.25, 0.3) is 0 Å². The summed E-state index contributed by atoms with van der Waals surface area (Å²) in [5, 5.41) is 3.22. The molecule has 0 unspecified atom stereocenters. The molecule has 3 heterocycles. The van der Waals surface area contributed by atoms with Gasteiger partial charge in [0, 0.05) is 44.5 Å². The Morgan fingerprint density at radius 1 is 0.912 bits per heavy atom. The molecule has 2 aromatic heterocycles. The van der Waals surface area contributed by atoms with Crippen LogP contribution < -0.4 is 19.7 Å². The van der Waals surface area contributed by atoms with E-state index in [4.69, 9.17) is 9.47 Å². The van der Waals surface area contributed by atoms with Gasteiger partial charge in [-0.25, -0.2) is 23.4 Å². The number of ether oxygens (including phenoxy) is 2. The van der Waals surface area contributed by atoms with Crippen LogP contribution in [0, 0.1) is 13.8 Å². The number of benzene rings is 1. The van der Waals surface area contributed by atoms with E-state index in [-0.39, 0.29) is 10.6 Å². The molecule has 1 fully saturated rings. The first-order valence-electron chi connectivity index (χ1n) is 10.8. The molecule has 11 heteroatoms. The van der Waals surface area contributed by atoms with Crippen LogP contribution in [0.3, 0.4) is 0 Å². The van der Waals surface area contributed by atoms with Gasteiger partial charge in [0.15, 0.2) is 0 Å². The lowest BCUT2D eigenvalue weighted by Crippen LogP contribution is -2.49. The maximum absolute atomic E-state index is 13.3. The number of piperazine rings is 1. The van der Waals surface area contributed by atoms with Crippen LogP contribution in [0.2, 0.25) is 0 Å². The molecule has 180 valence electrons. The third-order valence-corrected chi connectivity index (χ3v) is 7.49. The maximum Gasteiger partial charge on any atom is 0.246 e. The first-order chi connectivity index (χ1) is 16.3. The summed E-state index contributed by atoms with van der Waals surface area (Å²) in [7, 11) is -0.755. The third-order valence-electron chi connectivity index (χ3n) is 5.55. The van der Waals surface area contributed by atoms with E-state index in [1.807, 2.05) is 32.0 Å². The number of methoxy groups -OCH3 is 2. The van der Waals surface area contributed by atoms with Gasteiger partial charge in [-0.1, -0.05) is 0 Å². The van der Waals surface area contributed by atoms with Crippen molar-refractivity contribution in [3.8, 4) is 11.5 Å². The van der Waals surface area contributed by atoms with Gasteiger partial charge < -0.3 is 19.7 Å². The number of aryl methyl sites for hydroxylation is 2. The molecule has 0 spiro atoms. The lowest BCUT2D eigenvalue weighted by molar-refractivity contribution is 0.369. The summed E-state index contributed by atoms with van der Waals surface area (Å²) in [6.07, 6.45) is 1.74. The summed E-state index contributed by atoms with van der Waals surface area (Å²) >= 11 is 0. The Bertz CT molecular complexity index is 1280. The topological polar surface area (TPSA) is 110 Å². The van der Waals surface area contributed by atoms with Gasteiger partial charge in [0.05, 0.1) is 14.2 Å². The SMILES string of the molecule is COc1ccc(S(=O)(=O)N2CCN(c3cc(Nc4cc(C)ccn4)nc(C)n3)CC2)c(OC)c1. The molecule has 3 aromatic rings. The van der Waals surface area contributed by atoms with Crippen molar-refractivity contribution in [1.29, 1.82) is 0 Å². The van der Waals surface area contributed by atoms with Gasteiger partial charge in [0.2, 0.25) is 10.0 Å². The Balaban J connectivity index is 1.49. The standard InChI is InChI=1S/C23H28N6O4S/c1-16-7-8-24-21(13-16)27-22-15-23(26-17(2)25-22)28-9-11-29(12-10-28)34(30,31)20-6-5-18(32-3)14-19(20)33-4/h5-8,13-15H,9-12H2,1-4H3,(H,24,25,26,27). The van der Waals surface area contributed by atoms with Crippen molar-refractivity contribution in [2.75, 3.05) is 50.6 Å². The van der Waals surface area contributed by atoms with Crippen molar-refractivity contribution in [3.05, 3.63) is 54.0 Å². The Labute approximate surface area is 199 Å². The van der Waals surface area contributed by atoms with Crippen LogP contribution in [0.25, 0.3) is 0 Å².